The van der Waals surface area contributed by atoms with E-state index in [0.717, 1.165) is 23.4 Å². The van der Waals surface area contributed by atoms with Crippen LogP contribution in [0.1, 0.15) is 18.5 Å². The van der Waals surface area contributed by atoms with Crippen LogP contribution in [0.15, 0.2) is 42.6 Å². The first-order valence-electron chi connectivity index (χ1n) is 5.54. The molecule has 0 atom stereocenters. The van der Waals surface area contributed by atoms with E-state index in [4.69, 9.17) is 0 Å². The summed E-state index contributed by atoms with van der Waals surface area (Å²) in [6.45, 7) is 0. The molecule has 84 valence electrons. The van der Waals surface area contributed by atoms with E-state index in [-0.39, 0.29) is 5.78 Å². The highest BCUT2D eigenvalue weighted by atomic mass is 16.1. The third-order valence-electron chi connectivity index (χ3n) is 2.86. The first-order chi connectivity index (χ1) is 8.34. The zero-order chi connectivity index (χ0) is 11.7. The van der Waals surface area contributed by atoms with Gasteiger partial charge in [0.2, 0.25) is 0 Å². The minimum Gasteiger partial charge on any atom is -0.295 e. The van der Waals surface area contributed by atoms with E-state index in [2.05, 4.69) is 10.3 Å². The van der Waals surface area contributed by atoms with Crippen molar-refractivity contribution in [3.8, 4) is 5.69 Å². The Morgan fingerprint density at radius 1 is 1.12 bits per heavy atom. The Balaban J connectivity index is 2.06. The van der Waals surface area contributed by atoms with Gasteiger partial charge in [-0.3, -0.25) is 4.79 Å². The summed E-state index contributed by atoms with van der Waals surface area (Å²) in [7, 11) is 0. The summed E-state index contributed by atoms with van der Waals surface area (Å²) in [6.07, 6.45) is 4.77. The van der Waals surface area contributed by atoms with Crippen molar-refractivity contribution in [3.05, 3.63) is 48.3 Å². The van der Waals surface area contributed by atoms with Gasteiger partial charge in [0.05, 0.1) is 17.6 Å². The normalized spacial score (nSPS) is 15.1. The molecule has 1 aliphatic carbocycles. The molecular formula is C13H11N3O. The number of allylic oxidation sites excluding steroid dienone is 2. The van der Waals surface area contributed by atoms with Crippen molar-refractivity contribution in [3.63, 3.8) is 0 Å². The quantitative estimate of drug-likeness (QED) is 0.785. The zero-order valence-electron chi connectivity index (χ0n) is 9.21. The molecule has 0 saturated carbocycles. The molecule has 0 spiro atoms. The fraction of sp³-hybridized carbons (Fsp3) is 0.154. The Labute approximate surface area is 98.6 Å². The molecule has 0 N–H and O–H groups in total. The predicted octanol–water partition coefficient (Wildman–Crippen LogP) is 2.01. The molecule has 4 nitrogen and oxygen atoms in total. The molecule has 0 amide bonds. The number of nitrogens with zero attached hydrogens (tertiary/aromatic N) is 3. The second kappa shape index (κ2) is 3.97. The van der Waals surface area contributed by atoms with Crippen molar-refractivity contribution in [2.75, 3.05) is 0 Å². The average molecular weight is 225 g/mol. The second-order valence-electron chi connectivity index (χ2n) is 4.00. The first kappa shape index (κ1) is 9.96. The van der Waals surface area contributed by atoms with Gasteiger partial charge < -0.3 is 0 Å². The van der Waals surface area contributed by atoms with Crippen LogP contribution in [-0.2, 0) is 4.79 Å². The molecule has 17 heavy (non-hydrogen) atoms. The Morgan fingerprint density at radius 3 is 2.65 bits per heavy atom. The maximum absolute atomic E-state index is 11.3. The summed E-state index contributed by atoms with van der Waals surface area (Å²) in [5.41, 5.74) is 2.88. The van der Waals surface area contributed by atoms with Gasteiger partial charge in [-0.15, -0.1) is 5.10 Å². The lowest BCUT2D eigenvalue weighted by atomic mass is 10.2. The van der Waals surface area contributed by atoms with Gasteiger partial charge in [0.15, 0.2) is 5.78 Å². The zero-order valence-corrected chi connectivity index (χ0v) is 9.21. The molecule has 0 fully saturated rings. The molecule has 1 heterocycles. The summed E-state index contributed by atoms with van der Waals surface area (Å²) in [5.74, 6) is 0.181. The summed E-state index contributed by atoms with van der Waals surface area (Å²) in [6, 6.07) is 9.80. The molecular weight excluding hydrogens is 214 g/mol. The number of benzene rings is 1. The van der Waals surface area contributed by atoms with Crippen LogP contribution < -0.4 is 0 Å². The maximum atomic E-state index is 11.3. The van der Waals surface area contributed by atoms with Crippen molar-refractivity contribution in [1.29, 1.82) is 0 Å². The maximum Gasteiger partial charge on any atom is 0.156 e. The van der Waals surface area contributed by atoms with Crippen molar-refractivity contribution in [2.24, 2.45) is 0 Å². The van der Waals surface area contributed by atoms with Crippen LogP contribution in [0.25, 0.3) is 11.3 Å². The molecule has 3 rings (SSSR count). The van der Waals surface area contributed by atoms with E-state index in [1.165, 1.54) is 0 Å². The van der Waals surface area contributed by atoms with Crippen molar-refractivity contribution >= 4 is 11.4 Å². The molecule has 0 radical (unpaired) electrons. The molecule has 0 aliphatic heterocycles. The van der Waals surface area contributed by atoms with E-state index in [0.29, 0.717) is 6.42 Å². The van der Waals surface area contributed by atoms with Crippen LogP contribution in [0.3, 0.4) is 0 Å². The van der Waals surface area contributed by atoms with Gasteiger partial charge in [-0.25, -0.2) is 4.68 Å². The minimum absolute atomic E-state index is 0.181. The highest BCUT2D eigenvalue weighted by molar-refractivity contribution is 6.01. The Hall–Kier alpha value is -2.23. The van der Waals surface area contributed by atoms with Crippen molar-refractivity contribution < 1.29 is 4.79 Å². The summed E-state index contributed by atoms with van der Waals surface area (Å²) in [4.78, 5) is 11.3. The van der Waals surface area contributed by atoms with E-state index >= 15 is 0 Å². The summed E-state index contributed by atoms with van der Waals surface area (Å²) in [5, 5.41) is 8.00. The van der Waals surface area contributed by atoms with E-state index < -0.39 is 0 Å². The Morgan fingerprint density at radius 2 is 1.94 bits per heavy atom. The van der Waals surface area contributed by atoms with Gasteiger partial charge >= 0.3 is 0 Å². The molecule has 4 heteroatoms. The van der Waals surface area contributed by atoms with Crippen LogP contribution in [0.4, 0.5) is 0 Å². The molecule has 1 aromatic carbocycles. The van der Waals surface area contributed by atoms with Crippen molar-refractivity contribution in [2.45, 2.75) is 12.8 Å². The number of aromatic nitrogens is 3. The number of hydrogen-bond donors (Lipinski definition) is 0. The standard InChI is InChI=1S/C13H11N3O/c17-12-7-6-10(8-12)13-9-14-15-16(13)11-4-2-1-3-5-11/h1-5,8-9H,6-7H2. The monoisotopic (exact) mass is 225 g/mol. The smallest absolute Gasteiger partial charge is 0.156 e. The lowest BCUT2D eigenvalue weighted by molar-refractivity contribution is -0.114. The molecule has 1 aliphatic rings. The molecule has 2 aromatic rings. The van der Waals surface area contributed by atoms with E-state index in [9.17, 15) is 4.79 Å². The van der Waals surface area contributed by atoms with Crippen LogP contribution in [0.2, 0.25) is 0 Å². The third kappa shape index (κ3) is 1.78. The lowest BCUT2D eigenvalue weighted by Crippen LogP contribution is -2.00. The summed E-state index contributed by atoms with van der Waals surface area (Å²) < 4.78 is 1.77. The second-order valence-corrected chi connectivity index (χ2v) is 4.00. The number of ketones is 1. The molecule has 0 unspecified atom stereocenters. The molecule has 0 bridgehead atoms. The fourth-order valence-corrected chi connectivity index (χ4v) is 2.01. The van der Waals surface area contributed by atoms with Gasteiger partial charge in [0.1, 0.15) is 0 Å². The van der Waals surface area contributed by atoms with Gasteiger partial charge in [-0.1, -0.05) is 23.4 Å². The fourth-order valence-electron chi connectivity index (χ4n) is 2.01. The highest BCUT2D eigenvalue weighted by Gasteiger charge is 2.18. The molecule has 0 saturated heterocycles. The number of carbonyl (C=O) groups excluding carboxylic acids is 1. The Bertz CT molecular complexity index is 584. The van der Waals surface area contributed by atoms with Gasteiger partial charge in [0.25, 0.3) is 0 Å². The van der Waals surface area contributed by atoms with Crippen LogP contribution in [-0.4, -0.2) is 20.8 Å². The largest absolute Gasteiger partial charge is 0.295 e. The number of carbonyl (C=O) groups is 1. The number of hydrogen-bond acceptors (Lipinski definition) is 3. The van der Waals surface area contributed by atoms with Crippen LogP contribution in [0, 0.1) is 0 Å². The van der Waals surface area contributed by atoms with Crippen LogP contribution >= 0.6 is 0 Å². The highest BCUT2D eigenvalue weighted by Crippen LogP contribution is 2.26. The van der Waals surface area contributed by atoms with E-state index in [1.807, 2.05) is 30.3 Å². The summed E-state index contributed by atoms with van der Waals surface area (Å²) >= 11 is 0. The topological polar surface area (TPSA) is 47.8 Å². The SMILES string of the molecule is O=C1C=C(c2cnnn2-c2ccccc2)CC1. The molecule has 1 aromatic heterocycles. The van der Waals surface area contributed by atoms with E-state index in [1.54, 1.807) is 17.0 Å². The number of rotatable bonds is 2. The predicted molar refractivity (Wildman–Crippen MR) is 63.6 cm³/mol. The first-order valence-corrected chi connectivity index (χ1v) is 5.54. The van der Waals surface area contributed by atoms with Gasteiger partial charge in [0, 0.05) is 6.42 Å². The van der Waals surface area contributed by atoms with Crippen molar-refractivity contribution in [1.82, 2.24) is 15.0 Å². The minimum atomic E-state index is 0.181. The third-order valence-corrected chi connectivity index (χ3v) is 2.86. The van der Waals surface area contributed by atoms with Crippen LogP contribution in [0.5, 0.6) is 0 Å². The average Bonchev–Trinajstić information content (AvgIpc) is 2.98. The van der Waals surface area contributed by atoms with Gasteiger partial charge in [-0.2, -0.15) is 0 Å². The van der Waals surface area contributed by atoms with Gasteiger partial charge in [-0.05, 0) is 30.2 Å². The number of para-hydroxylation sites is 1. The lowest BCUT2D eigenvalue weighted by Gasteiger charge is -2.05. The Kier molecular flexibility index (Phi) is 2.33.